The monoisotopic (exact) mass is 270 g/mol. The average Bonchev–Trinajstić information content (AvgIpc) is 2.71. The van der Waals surface area contributed by atoms with E-state index >= 15 is 0 Å². The summed E-state index contributed by atoms with van der Waals surface area (Å²) in [5.74, 6) is 0.162. The van der Waals surface area contributed by atoms with Crippen molar-refractivity contribution in [2.45, 2.75) is 44.1 Å². The number of ether oxygens (including phenoxy) is 1. The van der Waals surface area contributed by atoms with Crippen LogP contribution in [0.3, 0.4) is 0 Å². The van der Waals surface area contributed by atoms with Gasteiger partial charge >= 0.3 is 6.18 Å². The molecule has 102 valence electrons. The Kier molecular flexibility index (Phi) is 2.71. The first-order valence-electron chi connectivity index (χ1n) is 6.27. The van der Waals surface area contributed by atoms with E-state index in [0.29, 0.717) is 37.9 Å². The Balaban J connectivity index is 2.01. The Bertz CT molecular complexity index is 524. The van der Waals surface area contributed by atoms with Gasteiger partial charge < -0.3 is 4.74 Å². The van der Waals surface area contributed by atoms with Gasteiger partial charge in [-0.15, -0.1) is 0 Å². The standard InChI is InChI=1S/C14H13F3O2/c15-14(16,17)10-2-1-9-8-19-13(12(9)7-10)5-3-11(18)4-6-13/h1-2,7H,3-6,8H2. The molecular weight excluding hydrogens is 257 g/mol. The molecule has 1 aliphatic heterocycles. The lowest BCUT2D eigenvalue weighted by Crippen LogP contribution is -2.31. The fourth-order valence-corrected chi connectivity index (χ4v) is 2.94. The summed E-state index contributed by atoms with van der Waals surface area (Å²) in [6, 6.07) is 3.77. The normalized spacial score (nSPS) is 21.7. The Morgan fingerprint density at radius 1 is 1.16 bits per heavy atom. The van der Waals surface area contributed by atoms with Crippen LogP contribution in [0, 0.1) is 0 Å². The zero-order chi connectivity index (χ0) is 13.7. The molecule has 0 atom stereocenters. The molecule has 1 aliphatic carbocycles. The summed E-state index contributed by atoms with van der Waals surface area (Å²) in [7, 11) is 0. The van der Waals surface area contributed by atoms with Gasteiger partial charge in [-0.3, -0.25) is 4.79 Å². The van der Waals surface area contributed by atoms with Crippen LogP contribution in [0.5, 0.6) is 0 Å². The molecule has 0 amide bonds. The smallest absolute Gasteiger partial charge is 0.366 e. The molecule has 0 aromatic heterocycles. The fourth-order valence-electron chi connectivity index (χ4n) is 2.94. The van der Waals surface area contributed by atoms with Crippen molar-refractivity contribution in [2.75, 3.05) is 0 Å². The molecule has 19 heavy (non-hydrogen) atoms. The van der Waals surface area contributed by atoms with Crippen molar-refractivity contribution >= 4 is 5.78 Å². The van der Waals surface area contributed by atoms with Crippen LogP contribution in [0.25, 0.3) is 0 Å². The Morgan fingerprint density at radius 2 is 1.84 bits per heavy atom. The topological polar surface area (TPSA) is 26.3 Å². The summed E-state index contributed by atoms with van der Waals surface area (Å²) < 4.78 is 44.1. The Hall–Kier alpha value is -1.36. The van der Waals surface area contributed by atoms with Crippen molar-refractivity contribution in [1.29, 1.82) is 0 Å². The van der Waals surface area contributed by atoms with Gasteiger partial charge in [0.05, 0.1) is 17.8 Å². The zero-order valence-electron chi connectivity index (χ0n) is 10.2. The third-order valence-corrected chi connectivity index (χ3v) is 4.05. The SMILES string of the molecule is O=C1CCC2(CC1)OCc1ccc(C(F)(F)F)cc12. The van der Waals surface area contributed by atoms with Gasteiger partial charge in [0.25, 0.3) is 0 Å². The van der Waals surface area contributed by atoms with Crippen LogP contribution in [-0.2, 0) is 27.9 Å². The molecule has 1 aromatic rings. The van der Waals surface area contributed by atoms with E-state index in [1.807, 2.05) is 0 Å². The van der Waals surface area contributed by atoms with Crippen LogP contribution in [0.4, 0.5) is 13.2 Å². The summed E-state index contributed by atoms with van der Waals surface area (Å²) >= 11 is 0. The van der Waals surface area contributed by atoms with Gasteiger partial charge in [-0.05, 0) is 36.1 Å². The lowest BCUT2D eigenvalue weighted by Gasteiger charge is -2.33. The highest BCUT2D eigenvalue weighted by Gasteiger charge is 2.44. The van der Waals surface area contributed by atoms with E-state index in [4.69, 9.17) is 4.74 Å². The van der Waals surface area contributed by atoms with Gasteiger partial charge in [0, 0.05) is 12.8 Å². The van der Waals surface area contributed by atoms with Crippen LogP contribution in [-0.4, -0.2) is 5.78 Å². The minimum atomic E-state index is -4.34. The van der Waals surface area contributed by atoms with Gasteiger partial charge in [-0.25, -0.2) is 0 Å². The maximum absolute atomic E-state index is 12.8. The maximum atomic E-state index is 12.8. The number of benzene rings is 1. The second kappa shape index (κ2) is 4.07. The molecule has 1 aromatic carbocycles. The van der Waals surface area contributed by atoms with Gasteiger partial charge in [-0.1, -0.05) is 6.07 Å². The first-order valence-corrected chi connectivity index (χ1v) is 6.27. The number of fused-ring (bicyclic) bond motifs is 2. The second-order valence-corrected chi connectivity index (χ2v) is 5.19. The van der Waals surface area contributed by atoms with Crippen molar-refractivity contribution in [2.24, 2.45) is 0 Å². The third kappa shape index (κ3) is 2.06. The van der Waals surface area contributed by atoms with Crippen molar-refractivity contribution in [3.8, 4) is 0 Å². The molecule has 1 spiro atoms. The molecule has 0 N–H and O–H groups in total. The van der Waals surface area contributed by atoms with E-state index < -0.39 is 17.3 Å². The molecule has 0 unspecified atom stereocenters. The molecule has 1 heterocycles. The van der Waals surface area contributed by atoms with Crippen LogP contribution in [0.2, 0.25) is 0 Å². The van der Waals surface area contributed by atoms with Crippen LogP contribution in [0.15, 0.2) is 18.2 Å². The van der Waals surface area contributed by atoms with Crippen LogP contribution >= 0.6 is 0 Å². The molecule has 0 radical (unpaired) electrons. The van der Waals surface area contributed by atoms with Crippen LogP contribution < -0.4 is 0 Å². The van der Waals surface area contributed by atoms with Gasteiger partial charge in [-0.2, -0.15) is 13.2 Å². The van der Waals surface area contributed by atoms with E-state index in [1.54, 1.807) is 0 Å². The quantitative estimate of drug-likeness (QED) is 0.720. The number of carbonyl (C=O) groups excluding carboxylic acids is 1. The summed E-state index contributed by atoms with van der Waals surface area (Å²) in [6.45, 7) is 0.335. The second-order valence-electron chi connectivity index (χ2n) is 5.19. The number of hydrogen-bond acceptors (Lipinski definition) is 2. The van der Waals surface area contributed by atoms with Gasteiger partial charge in [0.1, 0.15) is 5.78 Å². The molecule has 2 nitrogen and oxygen atoms in total. The molecule has 1 fully saturated rings. The highest BCUT2D eigenvalue weighted by molar-refractivity contribution is 5.79. The number of halogens is 3. The lowest BCUT2D eigenvalue weighted by molar-refractivity contribution is -0.138. The number of ketones is 1. The number of carbonyl (C=O) groups is 1. The predicted octanol–water partition coefficient (Wildman–Crippen LogP) is 3.57. The molecule has 5 heteroatoms. The molecule has 0 saturated heterocycles. The summed E-state index contributed by atoms with van der Waals surface area (Å²) in [5.41, 5.74) is 0.107. The zero-order valence-corrected chi connectivity index (χ0v) is 10.2. The third-order valence-electron chi connectivity index (χ3n) is 4.05. The van der Waals surface area contributed by atoms with Gasteiger partial charge in [0.15, 0.2) is 0 Å². The average molecular weight is 270 g/mol. The van der Waals surface area contributed by atoms with Crippen molar-refractivity contribution in [3.63, 3.8) is 0 Å². The predicted molar refractivity (Wildman–Crippen MR) is 61.4 cm³/mol. The minimum Gasteiger partial charge on any atom is -0.366 e. The fraction of sp³-hybridized carbons (Fsp3) is 0.500. The molecule has 1 saturated carbocycles. The maximum Gasteiger partial charge on any atom is 0.416 e. The Labute approximate surface area is 108 Å². The first-order chi connectivity index (χ1) is 8.91. The van der Waals surface area contributed by atoms with Crippen molar-refractivity contribution < 1.29 is 22.7 Å². The molecule has 0 bridgehead atoms. The van der Waals surface area contributed by atoms with E-state index in [2.05, 4.69) is 0 Å². The highest BCUT2D eigenvalue weighted by Crippen LogP contribution is 2.47. The van der Waals surface area contributed by atoms with E-state index in [1.165, 1.54) is 12.1 Å². The highest BCUT2D eigenvalue weighted by atomic mass is 19.4. The van der Waals surface area contributed by atoms with E-state index in [0.717, 1.165) is 11.6 Å². The number of Topliss-reactive ketones (excluding diaryl/α,β-unsaturated/α-hetero) is 1. The van der Waals surface area contributed by atoms with Crippen molar-refractivity contribution in [3.05, 3.63) is 34.9 Å². The largest absolute Gasteiger partial charge is 0.416 e. The Morgan fingerprint density at radius 3 is 2.47 bits per heavy atom. The lowest BCUT2D eigenvalue weighted by atomic mass is 9.78. The minimum absolute atomic E-state index is 0.162. The number of hydrogen-bond donors (Lipinski definition) is 0. The van der Waals surface area contributed by atoms with Crippen molar-refractivity contribution in [1.82, 2.24) is 0 Å². The first kappa shape index (κ1) is 12.7. The van der Waals surface area contributed by atoms with Gasteiger partial charge in [0.2, 0.25) is 0 Å². The number of rotatable bonds is 0. The summed E-state index contributed by atoms with van der Waals surface area (Å²) in [5, 5.41) is 0. The number of alkyl halides is 3. The van der Waals surface area contributed by atoms with E-state index in [-0.39, 0.29) is 5.78 Å². The summed E-state index contributed by atoms with van der Waals surface area (Å²) in [6.07, 6.45) is -2.60. The molecule has 3 rings (SSSR count). The van der Waals surface area contributed by atoms with Crippen LogP contribution in [0.1, 0.15) is 42.4 Å². The van der Waals surface area contributed by atoms with E-state index in [9.17, 15) is 18.0 Å². The summed E-state index contributed by atoms with van der Waals surface area (Å²) in [4.78, 5) is 11.3. The molecular formula is C14H13F3O2. The molecule has 2 aliphatic rings.